The smallest absolute Gasteiger partial charge is 0.335 e. The number of hydrogen-bond donors (Lipinski definition) is 1. The molecule has 19 heavy (non-hydrogen) atoms. The first-order valence-electron chi connectivity index (χ1n) is 5.97. The molecule has 3 heteroatoms. The normalized spacial score (nSPS) is 10.8. The summed E-state index contributed by atoms with van der Waals surface area (Å²) in [4.78, 5) is 10.8. The summed E-state index contributed by atoms with van der Waals surface area (Å²) in [6, 6.07) is 13.3. The highest BCUT2D eigenvalue weighted by atomic mass is 32.1. The molecule has 0 atom stereocenters. The Hall–Kier alpha value is -2.13. The molecule has 0 unspecified atom stereocenters. The van der Waals surface area contributed by atoms with E-state index in [0.717, 1.165) is 11.1 Å². The fourth-order valence-corrected chi connectivity index (χ4v) is 3.07. The Bertz CT molecular complexity index is 754. The largest absolute Gasteiger partial charge is 0.478 e. The Kier molecular flexibility index (Phi) is 2.84. The lowest BCUT2D eigenvalue weighted by molar-refractivity contribution is 0.0697. The number of thiophene rings is 1. The third-order valence-corrected chi connectivity index (χ3v) is 4.31. The first-order valence-corrected chi connectivity index (χ1v) is 6.85. The van der Waals surface area contributed by atoms with Crippen molar-refractivity contribution in [2.45, 2.75) is 6.92 Å². The van der Waals surface area contributed by atoms with E-state index in [0.29, 0.717) is 5.56 Å². The van der Waals surface area contributed by atoms with Crippen LogP contribution in [0.3, 0.4) is 0 Å². The van der Waals surface area contributed by atoms with E-state index in [1.165, 1.54) is 15.6 Å². The fourth-order valence-electron chi connectivity index (χ4n) is 2.14. The van der Waals surface area contributed by atoms with Crippen molar-refractivity contribution in [3.8, 4) is 11.1 Å². The van der Waals surface area contributed by atoms with Gasteiger partial charge in [0.2, 0.25) is 0 Å². The third-order valence-electron chi connectivity index (χ3n) is 3.23. The van der Waals surface area contributed by atoms with Gasteiger partial charge in [-0.25, -0.2) is 4.79 Å². The van der Waals surface area contributed by atoms with Crippen LogP contribution in [0, 0.1) is 6.92 Å². The van der Waals surface area contributed by atoms with E-state index in [2.05, 4.69) is 30.5 Å². The number of rotatable bonds is 2. The van der Waals surface area contributed by atoms with Crippen LogP contribution in [0.15, 0.2) is 47.8 Å². The Balaban J connectivity index is 2.08. The number of carbonyl (C=O) groups is 1. The topological polar surface area (TPSA) is 37.3 Å². The Morgan fingerprint density at radius 2 is 1.74 bits per heavy atom. The lowest BCUT2D eigenvalue weighted by Gasteiger charge is -2.03. The molecule has 3 aromatic rings. The van der Waals surface area contributed by atoms with Crippen LogP contribution >= 0.6 is 11.3 Å². The highest BCUT2D eigenvalue weighted by Crippen LogP contribution is 2.30. The molecule has 0 aliphatic rings. The van der Waals surface area contributed by atoms with E-state index in [1.54, 1.807) is 23.5 Å². The van der Waals surface area contributed by atoms with Crippen molar-refractivity contribution in [3.05, 3.63) is 59.0 Å². The third kappa shape index (κ3) is 2.13. The van der Waals surface area contributed by atoms with Crippen LogP contribution in [0.5, 0.6) is 0 Å². The minimum atomic E-state index is -0.893. The Morgan fingerprint density at radius 1 is 1.05 bits per heavy atom. The van der Waals surface area contributed by atoms with Gasteiger partial charge < -0.3 is 5.11 Å². The highest BCUT2D eigenvalue weighted by Gasteiger charge is 2.05. The second-order valence-corrected chi connectivity index (χ2v) is 5.42. The Morgan fingerprint density at radius 3 is 2.42 bits per heavy atom. The maximum atomic E-state index is 10.8. The van der Waals surface area contributed by atoms with Gasteiger partial charge in [-0.05, 0) is 58.6 Å². The predicted octanol–water partition coefficient (Wildman–Crippen LogP) is 4.57. The van der Waals surface area contributed by atoms with Crippen molar-refractivity contribution in [3.63, 3.8) is 0 Å². The quantitative estimate of drug-likeness (QED) is 0.739. The second-order valence-electron chi connectivity index (χ2n) is 4.51. The summed E-state index contributed by atoms with van der Waals surface area (Å²) in [5, 5.41) is 12.3. The number of fused-ring (bicyclic) bond motifs is 1. The molecule has 1 aromatic heterocycles. The summed E-state index contributed by atoms with van der Waals surface area (Å²) in [6.07, 6.45) is 0. The van der Waals surface area contributed by atoms with E-state index in [4.69, 9.17) is 5.11 Å². The first-order chi connectivity index (χ1) is 9.15. The number of carboxylic acids is 1. The van der Waals surface area contributed by atoms with Crippen LogP contribution in [0.4, 0.5) is 0 Å². The van der Waals surface area contributed by atoms with Crippen LogP contribution in [-0.4, -0.2) is 11.1 Å². The fraction of sp³-hybridized carbons (Fsp3) is 0.0625. The number of hydrogen-bond acceptors (Lipinski definition) is 2. The van der Waals surface area contributed by atoms with Gasteiger partial charge in [0.15, 0.2) is 0 Å². The van der Waals surface area contributed by atoms with E-state index in [1.807, 2.05) is 12.1 Å². The van der Waals surface area contributed by atoms with E-state index < -0.39 is 5.97 Å². The average molecular weight is 268 g/mol. The SMILES string of the molecule is Cc1csc2ccc(-c3ccc(C(=O)O)cc3)cc12. The molecule has 0 bridgehead atoms. The summed E-state index contributed by atoms with van der Waals surface area (Å²) in [5.41, 5.74) is 3.75. The molecular formula is C16H12O2S. The molecule has 3 rings (SSSR count). The molecule has 0 aliphatic heterocycles. The maximum absolute atomic E-state index is 10.8. The lowest BCUT2D eigenvalue weighted by atomic mass is 10.0. The summed E-state index contributed by atoms with van der Waals surface area (Å²) in [5.74, 6) is -0.893. The summed E-state index contributed by atoms with van der Waals surface area (Å²) < 4.78 is 1.28. The standard InChI is InChI=1S/C16H12O2S/c1-10-9-19-15-7-6-13(8-14(10)15)11-2-4-12(5-3-11)16(17)18/h2-9H,1H3,(H,17,18). The van der Waals surface area contributed by atoms with Crippen molar-refractivity contribution in [1.82, 2.24) is 0 Å². The molecular weight excluding hydrogens is 256 g/mol. The van der Waals surface area contributed by atoms with E-state index in [9.17, 15) is 4.79 Å². The van der Waals surface area contributed by atoms with Gasteiger partial charge in [-0.1, -0.05) is 18.2 Å². The average Bonchev–Trinajstić information content (AvgIpc) is 2.80. The van der Waals surface area contributed by atoms with E-state index >= 15 is 0 Å². The van der Waals surface area contributed by atoms with Crippen molar-refractivity contribution < 1.29 is 9.90 Å². The van der Waals surface area contributed by atoms with Crippen LogP contribution in [0.2, 0.25) is 0 Å². The van der Waals surface area contributed by atoms with Crippen LogP contribution < -0.4 is 0 Å². The molecule has 0 amide bonds. The number of aromatic carboxylic acids is 1. The Labute approximate surface area is 114 Å². The monoisotopic (exact) mass is 268 g/mol. The highest BCUT2D eigenvalue weighted by molar-refractivity contribution is 7.17. The summed E-state index contributed by atoms with van der Waals surface area (Å²) in [6.45, 7) is 2.11. The van der Waals surface area contributed by atoms with Crippen LogP contribution in [0.25, 0.3) is 21.2 Å². The molecule has 2 aromatic carbocycles. The molecule has 0 spiro atoms. The summed E-state index contributed by atoms with van der Waals surface area (Å²) in [7, 11) is 0. The molecule has 0 saturated carbocycles. The van der Waals surface area contributed by atoms with Gasteiger partial charge in [0.25, 0.3) is 0 Å². The zero-order chi connectivity index (χ0) is 13.4. The van der Waals surface area contributed by atoms with Gasteiger partial charge in [0, 0.05) is 4.70 Å². The first kappa shape index (κ1) is 11.9. The summed E-state index contributed by atoms with van der Waals surface area (Å²) >= 11 is 1.75. The van der Waals surface area contributed by atoms with Crippen LogP contribution in [0.1, 0.15) is 15.9 Å². The maximum Gasteiger partial charge on any atom is 0.335 e. The minimum Gasteiger partial charge on any atom is -0.478 e. The van der Waals surface area contributed by atoms with Crippen molar-refractivity contribution >= 4 is 27.4 Å². The number of benzene rings is 2. The van der Waals surface area contributed by atoms with Gasteiger partial charge in [0.05, 0.1) is 5.56 Å². The van der Waals surface area contributed by atoms with E-state index in [-0.39, 0.29) is 0 Å². The van der Waals surface area contributed by atoms with Crippen molar-refractivity contribution in [1.29, 1.82) is 0 Å². The molecule has 0 saturated heterocycles. The van der Waals surface area contributed by atoms with Gasteiger partial charge in [-0.2, -0.15) is 0 Å². The van der Waals surface area contributed by atoms with Gasteiger partial charge >= 0.3 is 5.97 Å². The van der Waals surface area contributed by atoms with Crippen LogP contribution in [-0.2, 0) is 0 Å². The predicted molar refractivity (Wildman–Crippen MR) is 79.0 cm³/mol. The zero-order valence-electron chi connectivity index (χ0n) is 10.4. The molecule has 0 fully saturated rings. The van der Waals surface area contributed by atoms with Crippen molar-refractivity contribution in [2.24, 2.45) is 0 Å². The van der Waals surface area contributed by atoms with Gasteiger partial charge in [0.1, 0.15) is 0 Å². The molecule has 1 heterocycles. The number of aryl methyl sites for hydroxylation is 1. The lowest BCUT2D eigenvalue weighted by Crippen LogP contribution is -1.94. The van der Waals surface area contributed by atoms with Crippen molar-refractivity contribution in [2.75, 3.05) is 0 Å². The molecule has 94 valence electrons. The zero-order valence-corrected chi connectivity index (χ0v) is 11.2. The molecule has 1 N–H and O–H groups in total. The van der Waals surface area contributed by atoms with Gasteiger partial charge in [-0.15, -0.1) is 11.3 Å². The molecule has 0 aliphatic carbocycles. The second kappa shape index (κ2) is 4.52. The number of carboxylic acid groups (broad SMARTS) is 1. The minimum absolute atomic E-state index is 0.316. The molecule has 0 radical (unpaired) electrons. The van der Waals surface area contributed by atoms with Gasteiger partial charge in [-0.3, -0.25) is 0 Å². The molecule has 2 nitrogen and oxygen atoms in total.